The number of likely N-dealkylation sites (N-methyl/N-ethyl adjacent to an activating group) is 1. The van der Waals surface area contributed by atoms with Gasteiger partial charge in [-0.2, -0.15) is 0 Å². The molecule has 4 unspecified atom stereocenters. The van der Waals surface area contributed by atoms with Gasteiger partial charge in [-0.15, -0.1) is 0 Å². The van der Waals surface area contributed by atoms with Crippen molar-refractivity contribution in [3.05, 3.63) is 24.2 Å². The number of nitrogens with zero attached hydrogens (tertiary/aromatic N) is 1. The lowest BCUT2D eigenvalue weighted by Crippen LogP contribution is -2.30. The van der Waals surface area contributed by atoms with Gasteiger partial charge in [-0.3, -0.25) is 19.1 Å². The average molecular weight is 346 g/mol. The van der Waals surface area contributed by atoms with Gasteiger partial charge in [0.15, 0.2) is 0 Å². The molecule has 2 amide bonds. The van der Waals surface area contributed by atoms with Gasteiger partial charge in [0, 0.05) is 25.7 Å². The first-order valence-corrected chi connectivity index (χ1v) is 8.65. The van der Waals surface area contributed by atoms with Gasteiger partial charge in [-0.1, -0.05) is 0 Å². The summed E-state index contributed by atoms with van der Waals surface area (Å²) in [5.41, 5.74) is 0. The number of hydrogen-bond acceptors (Lipinski definition) is 5. The molecule has 4 atom stereocenters. The van der Waals surface area contributed by atoms with Crippen molar-refractivity contribution in [2.75, 3.05) is 7.05 Å². The Morgan fingerprint density at radius 3 is 2.74 bits per heavy atom. The zero-order valence-electron chi connectivity index (χ0n) is 13.3. The van der Waals surface area contributed by atoms with Gasteiger partial charge in [-0.05, 0) is 25.7 Å². The van der Waals surface area contributed by atoms with E-state index in [0.717, 1.165) is 0 Å². The van der Waals surface area contributed by atoms with Crippen molar-refractivity contribution >= 4 is 20.3 Å². The Hall–Kier alpha value is -1.47. The summed E-state index contributed by atoms with van der Waals surface area (Å²) in [5.74, 6) is 0.820. The minimum absolute atomic E-state index is 0.0597. The first kappa shape index (κ1) is 19.6. The first-order valence-electron chi connectivity index (χ1n) is 7.22. The molecule has 0 spiro atoms. The number of carbonyl (C=O) groups is 2. The topological polar surface area (TPSA) is 105 Å². The number of carbonyl (C=O) groups excluding carboxylic acids is 2. The van der Waals surface area contributed by atoms with E-state index in [-0.39, 0.29) is 18.1 Å². The van der Waals surface area contributed by atoms with Crippen LogP contribution in [0, 0.1) is 0 Å². The second-order valence-electron chi connectivity index (χ2n) is 5.19. The summed E-state index contributed by atoms with van der Waals surface area (Å²) in [6.07, 6.45) is 3.37. The first-order chi connectivity index (χ1) is 10.9. The highest BCUT2D eigenvalue weighted by molar-refractivity contribution is 7.41. The lowest BCUT2D eigenvalue weighted by atomic mass is 10.1. The van der Waals surface area contributed by atoms with Crippen LogP contribution in [0.1, 0.15) is 20.3 Å². The molecule has 1 aliphatic heterocycles. The number of ether oxygens (including phenoxy) is 2. The third-order valence-electron chi connectivity index (χ3n) is 3.09. The summed E-state index contributed by atoms with van der Waals surface area (Å²) in [6, 6.07) is 0. The van der Waals surface area contributed by atoms with Crippen LogP contribution in [0.4, 0.5) is 0 Å². The van der Waals surface area contributed by atoms with E-state index in [4.69, 9.17) is 14.4 Å². The van der Waals surface area contributed by atoms with E-state index in [0.29, 0.717) is 12.8 Å². The van der Waals surface area contributed by atoms with Crippen LogP contribution in [0.25, 0.3) is 0 Å². The standard InChI is InChI=1S/C14H23N2O6P/c1-10(2)21-12-8-14(22-11(12)5-7-23(19)20)16(9-17)6-4-13(18)15-3/h4-7,9-12,14,23H,8H2,1-3H3,(H,15,18)(H,19,20)/b6-4-,7-5+. The Bertz CT molecular complexity index is 494. The highest BCUT2D eigenvalue weighted by Crippen LogP contribution is 2.29. The fraction of sp³-hybridized carbons (Fsp3) is 0.571. The summed E-state index contributed by atoms with van der Waals surface area (Å²) in [5, 5.41) is 2.41. The second kappa shape index (κ2) is 9.62. The zero-order chi connectivity index (χ0) is 17.4. The van der Waals surface area contributed by atoms with Crippen LogP contribution in [-0.4, -0.2) is 53.7 Å². The average Bonchev–Trinajstić information content (AvgIpc) is 2.87. The van der Waals surface area contributed by atoms with Crippen LogP contribution < -0.4 is 5.32 Å². The molecule has 23 heavy (non-hydrogen) atoms. The van der Waals surface area contributed by atoms with Crippen LogP contribution in [-0.2, 0) is 23.6 Å². The van der Waals surface area contributed by atoms with Crippen molar-refractivity contribution in [3.63, 3.8) is 0 Å². The summed E-state index contributed by atoms with van der Waals surface area (Å²) in [7, 11) is -1.28. The third-order valence-corrected chi connectivity index (χ3v) is 3.57. The smallest absolute Gasteiger partial charge is 0.245 e. The Morgan fingerprint density at radius 2 is 2.22 bits per heavy atom. The van der Waals surface area contributed by atoms with Crippen molar-refractivity contribution in [1.82, 2.24) is 10.2 Å². The normalized spacial score (nSPS) is 26.0. The molecule has 0 bridgehead atoms. The molecule has 0 aromatic rings. The fourth-order valence-electron chi connectivity index (χ4n) is 2.11. The Morgan fingerprint density at radius 1 is 1.52 bits per heavy atom. The maximum absolute atomic E-state index is 11.2. The van der Waals surface area contributed by atoms with Crippen molar-refractivity contribution < 1.29 is 28.5 Å². The predicted octanol–water partition coefficient (Wildman–Crippen LogP) is 0.594. The van der Waals surface area contributed by atoms with Crippen LogP contribution in [0.5, 0.6) is 0 Å². The van der Waals surface area contributed by atoms with Crippen LogP contribution in [0.2, 0.25) is 0 Å². The number of amides is 2. The van der Waals surface area contributed by atoms with Gasteiger partial charge >= 0.3 is 0 Å². The predicted molar refractivity (Wildman–Crippen MR) is 84.8 cm³/mol. The maximum Gasteiger partial charge on any atom is 0.245 e. The van der Waals surface area contributed by atoms with Crippen molar-refractivity contribution in [3.8, 4) is 0 Å². The molecule has 1 heterocycles. The van der Waals surface area contributed by atoms with Gasteiger partial charge in [-0.25, -0.2) is 0 Å². The molecule has 0 radical (unpaired) electrons. The van der Waals surface area contributed by atoms with E-state index in [9.17, 15) is 14.2 Å². The lowest BCUT2D eigenvalue weighted by Gasteiger charge is -2.20. The summed E-state index contributed by atoms with van der Waals surface area (Å²) >= 11 is 0. The summed E-state index contributed by atoms with van der Waals surface area (Å²) < 4.78 is 22.3. The van der Waals surface area contributed by atoms with Gasteiger partial charge in [0.25, 0.3) is 0 Å². The van der Waals surface area contributed by atoms with Crippen molar-refractivity contribution in [2.45, 2.75) is 44.8 Å². The van der Waals surface area contributed by atoms with E-state index in [1.165, 1.54) is 36.1 Å². The molecule has 1 fully saturated rings. The third kappa shape index (κ3) is 6.66. The van der Waals surface area contributed by atoms with Gasteiger partial charge < -0.3 is 19.7 Å². The number of nitrogens with one attached hydrogen (secondary N) is 1. The maximum atomic E-state index is 11.2. The van der Waals surface area contributed by atoms with Crippen LogP contribution >= 0.6 is 8.03 Å². The second-order valence-corrected chi connectivity index (χ2v) is 6.20. The SMILES string of the molecule is CNC(=O)/C=C\N(C=O)C1CC(OC(C)C)C(/C=C/[PH](=O)O)O1. The molecular weight excluding hydrogens is 323 g/mol. The highest BCUT2D eigenvalue weighted by Gasteiger charge is 2.37. The van der Waals surface area contributed by atoms with Crippen LogP contribution in [0.3, 0.4) is 0 Å². The molecule has 0 saturated carbocycles. The number of hydrogen-bond donors (Lipinski definition) is 2. The van der Waals surface area contributed by atoms with E-state index in [1.807, 2.05) is 13.8 Å². The molecule has 0 aliphatic carbocycles. The van der Waals surface area contributed by atoms with E-state index >= 15 is 0 Å². The summed E-state index contributed by atoms with van der Waals surface area (Å²) in [4.78, 5) is 32.6. The Balaban J connectivity index is 2.83. The van der Waals surface area contributed by atoms with E-state index in [2.05, 4.69) is 5.32 Å². The van der Waals surface area contributed by atoms with Gasteiger partial charge in [0.05, 0.1) is 12.2 Å². The monoisotopic (exact) mass is 346 g/mol. The molecule has 0 aromatic carbocycles. The Labute approximate surface area is 136 Å². The van der Waals surface area contributed by atoms with Gasteiger partial charge in [0.2, 0.25) is 20.3 Å². The number of rotatable bonds is 8. The molecular formula is C14H23N2O6P. The van der Waals surface area contributed by atoms with Crippen molar-refractivity contribution in [1.29, 1.82) is 0 Å². The molecule has 1 saturated heterocycles. The quantitative estimate of drug-likeness (QED) is 0.379. The minimum atomic E-state index is -2.76. The molecule has 1 rings (SSSR count). The van der Waals surface area contributed by atoms with E-state index < -0.39 is 20.4 Å². The van der Waals surface area contributed by atoms with Gasteiger partial charge in [0.1, 0.15) is 12.3 Å². The molecule has 8 nitrogen and oxygen atoms in total. The molecule has 0 aromatic heterocycles. The summed E-state index contributed by atoms with van der Waals surface area (Å²) in [6.45, 7) is 3.73. The minimum Gasteiger partial charge on any atom is -0.372 e. The molecule has 2 N–H and O–H groups in total. The molecule has 130 valence electrons. The fourth-order valence-corrected chi connectivity index (χ4v) is 2.47. The van der Waals surface area contributed by atoms with Crippen molar-refractivity contribution in [2.24, 2.45) is 0 Å². The van der Waals surface area contributed by atoms with Crippen LogP contribution in [0.15, 0.2) is 24.2 Å². The van der Waals surface area contributed by atoms with E-state index in [1.54, 1.807) is 0 Å². The Kier molecular flexibility index (Phi) is 8.19. The largest absolute Gasteiger partial charge is 0.372 e. The lowest BCUT2D eigenvalue weighted by molar-refractivity contribution is -0.125. The highest BCUT2D eigenvalue weighted by atomic mass is 31.1. The zero-order valence-corrected chi connectivity index (χ0v) is 14.3. The molecule has 1 aliphatic rings. The molecule has 9 heteroatoms.